The summed E-state index contributed by atoms with van der Waals surface area (Å²) in [4.78, 5) is 0. The Bertz CT molecular complexity index is 658. The van der Waals surface area contributed by atoms with Crippen LogP contribution in [0.2, 0.25) is 0 Å². The van der Waals surface area contributed by atoms with Gasteiger partial charge in [-0.25, -0.2) is 12.8 Å². The fourth-order valence-corrected chi connectivity index (χ4v) is 2.84. The molecule has 0 aliphatic heterocycles. The van der Waals surface area contributed by atoms with Crippen molar-refractivity contribution in [1.82, 2.24) is 4.57 Å². The minimum atomic E-state index is -3.08. The van der Waals surface area contributed by atoms with E-state index in [-0.39, 0.29) is 11.6 Å². The van der Waals surface area contributed by atoms with Crippen LogP contribution in [0, 0.1) is 5.82 Å². The van der Waals surface area contributed by atoms with E-state index in [1.165, 1.54) is 18.4 Å². The number of hydrogen-bond acceptors (Lipinski definition) is 2. The number of halogens is 1. The van der Waals surface area contributed by atoms with Gasteiger partial charge >= 0.3 is 0 Å². The van der Waals surface area contributed by atoms with Gasteiger partial charge in [-0.3, -0.25) is 0 Å². The Morgan fingerprint density at radius 2 is 2.00 bits per heavy atom. The number of fused-ring (bicyclic) bond motifs is 1. The van der Waals surface area contributed by atoms with Crippen LogP contribution < -0.4 is 0 Å². The number of aromatic nitrogens is 1. The molecular formula is C12H14FNO2S. The highest BCUT2D eigenvalue weighted by Gasteiger charge is 2.12. The third-order valence-corrected chi connectivity index (χ3v) is 3.50. The first-order chi connectivity index (χ1) is 7.90. The molecule has 1 heterocycles. The smallest absolute Gasteiger partial charge is 0.153 e. The first kappa shape index (κ1) is 12.1. The van der Waals surface area contributed by atoms with Gasteiger partial charge < -0.3 is 4.57 Å². The van der Waals surface area contributed by atoms with Crippen LogP contribution in [0.1, 0.15) is 12.6 Å². The highest BCUT2D eigenvalue weighted by Crippen LogP contribution is 2.22. The number of hydrogen-bond donors (Lipinski definition) is 0. The summed E-state index contributed by atoms with van der Waals surface area (Å²) >= 11 is 0. The van der Waals surface area contributed by atoms with Crippen molar-refractivity contribution >= 4 is 20.7 Å². The van der Waals surface area contributed by atoms with E-state index in [1.54, 1.807) is 12.1 Å². The highest BCUT2D eigenvalue weighted by molar-refractivity contribution is 7.89. The maximum atomic E-state index is 13.1. The van der Waals surface area contributed by atoms with Crippen molar-refractivity contribution < 1.29 is 12.8 Å². The molecule has 1 aromatic carbocycles. The van der Waals surface area contributed by atoms with Crippen LogP contribution in [0.3, 0.4) is 0 Å². The summed E-state index contributed by atoms with van der Waals surface area (Å²) < 4.78 is 37.6. The van der Waals surface area contributed by atoms with E-state index >= 15 is 0 Å². The SMILES string of the molecule is CCn1c(CS(C)(=O)=O)cc2cc(F)ccc21. The predicted octanol–water partition coefficient (Wildman–Crippen LogP) is 2.34. The third kappa shape index (κ3) is 2.49. The van der Waals surface area contributed by atoms with Crippen LogP contribution in [0.25, 0.3) is 10.9 Å². The average molecular weight is 255 g/mol. The zero-order valence-corrected chi connectivity index (χ0v) is 10.6. The number of aryl methyl sites for hydroxylation is 1. The lowest BCUT2D eigenvalue weighted by atomic mass is 10.2. The monoisotopic (exact) mass is 255 g/mol. The zero-order chi connectivity index (χ0) is 12.6. The van der Waals surface area contributed by atoms with Crippen molar-refractivity contribution in [2.24, 2.45) is 0 Å². The zero-order valence-electron chi connectivity index (χ0n) is 9.77. The molecule has 17 heavy (non-hydrogen) atoms. The first-order valence-electron chi connectivity index (χ1n) is 5.36. The Morgan fingerprint density at radius 3 is 2.59 bits per heavy atom. The van der Waals surface area contributed by atoms with E-state index in [9.17, 15) is 12.8 Å². The van der Waals surface area contributed by atoms with E-state index in [2.05, 4.69) is 0 Å². The number of rotatable bonds is 3. The van der Waals surface area contributed by atoms with Crippen molar-refractivity contribution in [3.05, 3.63) is 35.8 Å². The molecule has 0 N–H and O–H groups in total. The molecular weight excluding hydrogens is 241 g/mol. The third-order valence-electron chi connectivity index (χ3n) is 2.68. The van der Waals surface area contributed by atoms with Crippen LogP contribution in [0.5, 0.6) is 0 Å². The molecule has 2 rings (SSSR count). The number of benzene rings is 1. The molecule has 0 fully saturated rings. The maximum absolute atomic E-state index is 13.1. The molecule has 0 saturated heterocycles. The molecule has 0 amide bonds. The second-order valence-corrected chi connectivity index (χ2v) is 6.29. The van der Waals surface area contributed by atoms with Crippen LogP contribution in [0.15, 0.2) is 24.3 Å². The summed E-state index contributed by atoms with van der Waals surface area (Å²) in [6.45, 7) is 2.61. The van der Waals surface area contributed by atoms with Gasteiger partial charge in [-0.1, -0.05) is 0 Å². The normalized spacial score (nSPS) is 12.2. The van der Waals surface area contributed by atoms with E-state index in [1.807, 2.05) is 11.5 Å². The van der Waals surface area contributed by atoms with Gasteiger partial charge in [0, 0.05) is 29.4 Å². The Hall–Kier alpha value is -1.36. The van der Waals surface area contributed by atoms with Crippen LogP contribution in [0.4, 0.5) is 4.39 Å². The summed E-state index contributed by atoms with van der Waals surface area (Å²) in [6, 6.07) is 6.23. The van der Waals surface area contributed by atoms with Gasteiger partial charge in [-0.15, -0.1) is 0 Å². The van der Waals surface area contributed by atoms with Gasteiger partial charge in [0.05, 0.1) is 5.75 Å². The molecule has 0 atom stereocenters. The van der Waals surface area contributed by atoms with Crippen molar-refractivity contribution in [2.75, 3.05) is 6.26 Å². The summed E-state index contributed by atoms with van der Waals surface area (Å²) in [5.74, 6) is -0.325. The van der Waals surface area contributed by atoms with Gasteiger partial charge in [0.25, 0.3) is 0 Å². The lowest BCUT2D eigenvalue weighted by molar-refractivity contribution is 0.598. The Morgan fingerprint density at radius 1 is 1.29 bits per heavy atom. The van der Waals surface area contributed by atoms with E-state index in [0.29, 0.717) is 12.2 Å². The second kappa shape index (κ2) is 4.14. The average Bonchev–Trinajstić information content (AvgIpc) is 2.51. The largest absolute Gasteiger partial charge is 0.344 e. The van der Waals surface area contributed by atoms with E-state index < -0.39 is 9.84 Å². The molecule has 0 saturated carbocycles. The summed E-state index contributed by atoms with van der Waals surface area (Å²) in [7, 11) is -3.08. The van der Waals surface area contributed by atoms with Gasteiger partial charge in [-0.05, 0) is 31.2 Å². The second-order valence-electron chi connectivity index (χ2n) is 4.15. The number of nitrogens with zero attached hydrogens (tertiary/aromatic N) is 1. The van der Waals surface area contributed by atoms with E-state index in [4.69, 9.17) is 0 Å². The van der Waals surface area contributed by atoms with Crippen molar-refractivity contribution in [1.29, 1.82) is 0 Å². The molecule has 3 nitrogen and oxygen atoms in total. The topological polar surface area (TPSA) is 39.1 Å². The fourth-order valence-electron chi connectivity index (χ4n) is 2.06. The van der Waals surface area contributed by atoms with Gasteiger partial charge in [0.2, 0.25) is 0 Å². The molecule has 0 unspecified atom stereocenters. The van der Waals surface area contributed by atoms with Crippen molar-refractivity contribution in [2.45, 2.75) is 19.2 Å². The summed E-state index contributed by atoms with van der Waals surface area (Å²) in [5, 5.41) is 0.741. The Labute approximate surface area is 99.8 Å². The van der Waals surface area contributed by atoms with Gasteiger partial charge in [0.15, 0.2) is 9.84 Å². The quantitative estimate of drug-likeness (QED) is 0.844. The summed E-state index contributed by atoms with van der Waals surface area (Å²) in [6.07, 6.45) is 1.20. The summed E-state index contributed by atoms with van der Waals surface area (Å²) in [5.41, 5.74) is 1.57. The van der Waals surface area contributed by atoms with E-state index in [0.717, 1.165) is 10.9 Å². The minimum Gasteiger partial charge on any atom is -0.344 e. The molecule has 0 aliphatic rings. The molecule has 2 aromatic rings. The van der Waals surface area contributed by atoms with Gasteiger partial charge in [0.1, 0.15) is 5.82 Å². The fraction of sp³-hybridized carbons (Fsp3) is 0.333. The highest BCUT2D eigenvalue weighted by atomic mass is 32.2. The molecule has 92 valence electrons. The molecule has 0 bridgehead atoms. The maximum Gasteiger partial charge on any atom is 0.153 e. The minimum absolute atomic E-state index is 0.0167. The number of sulfone groups is 1. The van der Waals surface area contributed by atoms with Crippen molar-refractivity contribution in [3.63, 3.8) is 0 Å². The Balaban J connectivity index is 2.63. The Kier molecular flexibility index (Phi) is 2.95. The molecule has 0 aliphatic carbocycles. The standard InChI is InChI=1S/C12H14FNO2S/c1-3-14-11(8-17(2,15)16)7-9-6-10(13)4-5-12(9)14/h4-7H,3,8H2,1-2H3. The molecule has 0 radical (unpaired) electrons. The molecule has 0 spiro atoms. The predicted molar refractivity (Wildman–Crippen MR) is 66.1 cm³/mol. The van der Waals surface area contributed by atoms with Gasteiger partial charge in [-0.2, -0.15) is 0 Å². The van der Waals surface area contributed by atoms with Crippen LogP contribution >= 0.6 is 0 Å². The van der Waals surface area contributed by atoms with Crippen LogP contribution in [-0.2, 0) is 22.1 Å². The molecule has 1 aromatic heterocycles. The van der Waals surface area contributed by atoms with Crippen molar-refractivity contribution in [3.8, 4) is 0 Å². The molecule has 5 heteroatoms. The lowest BCUT2D eigenvalue weighted by Crippen LogP contribution is -2.07. The lowest BCUT2D eigenvalue weighted by Gasteiger charge is -2.06. The van der Waals surface area contributed by atoms with Crippen LogP contribution in [-0.4, -0.2) is 19.2 Å². The first-order valence-corrected chi connectivity index (χ1v) is 7.42.